The molecule has 3 nitrogen and oxygen atoms in total. The first-order valence-corrected chi connectivity index (χ1v) is 6.61. The van der Waals surface area contributed by atoms with Crippen molar-refractivity contribution < 1.29 is 0 Å². The molecule has 0 aliphatic carbocycles. The zero-order chi connectivity index (χ0) is 11.5. The summed E-state index contributed by atoms with van der Waals surface area (Å²) >= 11 is 3.65. The Hall–Kier alpha value is -0.610. The van der Waals surface area contributed by atoms with E-state index in [4.69, 9.17) is 0 Å². The van der Waals surface area contributed by atoms with Crippen LogP contribution in [-0.4, -0.2) is 30.7 Å². The van der Waals surface area contributed by atoms with Crippen LogP contribution in [0.2, 0.25) is 0 Å². The molecule has 1 aliphatic heterocycles. The third-order valence-electron chi connectivity index (χ3n) is 3.00. The lowest BCUT2D eigenvalue weighted by atomic mass is 10.1. The van der Waals surface area contributed by atoms with Gasteiger partial charge < -0.3 is 10.2 Å². The van der Waals surface area contributed by atoms with E-state index in [1.54, 1.807) is 0 Å². The number of nitrogens with zero attached hydrogens (tertiary/aromatic N) is 2. The van der Waals surface area contributed by atoms with Gasteiger partial charge in [-0.1, -0.05) is 6.92 Å². The minimum absolute atomic E-state index is 0.602. The third kappa shape index (κ3) is 2.23. The average molecular weight is 284 g/mol. The third-order valence-corrected chi connectivity index (χ3v) is 3.98. The van der Waals surface area contributed by atoms with Gasteiger partial charge in [0.15, 0.2) is 0 Å². The molecule has 0 aromatic carbocycles. The number of anilines is 1. The van der Waals surface area contributed by atoms with Crippen molar-refractivity contribution in [2.45, 2.75) is 26.3 Å². The highest BCUT2D eigenvalue weighted by molar-refractivity contribution is 9.10. The van der Waals surface area contributed by atoms with Crippen LogP contribution in [0.25, 0.3) is 0 Å². The van der Waals surface area contributed by atoms with Crippen molar-refractivity contribution in [2.75, 3.05) is 24.5 Å². The van der Waals surface area contributed by atoms with Crippen molar-refractivity contribution in [3.8, 4) is 0 Å². The second kappa shape index (κ2) is 5.15. The largest absolute Gasteiger partial charge is 0.350 e. The van der Waals surface area contributed by atoms with Crippen LogP contribution in [0.4, 0.5) is 5.82 Å². The van der Waals surface area contributed by atoms with E-state index in [1.165, 1.54) is 5.56 Å². The zero-order valence-electron chi connectivity index (χ0n) is 9.83. The maximum atomic E-state index is 4.51. The molecule has 0 spiro atoms. The van der Waals surface area contributed by atoms with Gasteiger partial charge >= 0.3 is 0 Å². The molecule has 0 amide bonds. The lowest BCUT2D eigenvalue weighted by molar-refractivity contribution is 0.410. The molecule has 1 aromatic rings. The van der Waals surface area contributed by atoms with E-state index in [9.17, 15) is 0 Å². The second-order valence-electron chi connectivity index (χ2n) is 4.27. The van der Waals surface area contributed by atoms with Crippen LogP contribution < -0.4 is 10.2 Å². The minimum atomic E-state index is 0.602. The Labute approximate surface area is 105 Å². The molecular formula is C12H18BrN3. The Bertz CT molecular complexity index is 363. The Morgan fingerprint density at radius 1 is 1.56 bits per heavy atom. The fourth-order valence-corrected chi connectivity index (χ4v) is 2.38. The molecule has 1 aliphatic rings. The van der Waals surface area contributed by atoms with Crippen molar-refractivity contribution in [1.82, 2.24) is 10.3 Å². The number of aryl methyl sites for hydroxylation is 1. The molecule has 0 bridgehead atoms. The fraction of sp³-hybridized carbons (Fsp3) is 0.583. The van der Waals surface area contributed by atoms with Crippen molar-refractivity contribution in [1.29, 1.82) is 0 Å². The summed E-state index contributed by atoms with van der Waals surface area (Å²) in [4.78, 5) is 6.92. The van der Waals surface area contributed by atoms with Gasteiger partial charge in [0.05, 0.1) is 10.5 Å². The number of nitrogens with one attached hydrogen (secondary N) is 1. The van der Waals surface area contributed by atoms with Crippen LogP contribution in [-0.2, 0) is 0 Å². The molecule has 0 radical (unpaired) electrons. The van der Waals surface area contributed by atoms with Crippen LogP contribution in [0, 0.1) is 6.92 Å². The second-order valence-corrected chi connectivity index (χ2v) is 5.06. The number of hydrogen-bond donors (Lipinski definition) is 1. The van der Waals surface area contributed by atoms with E-state index in [2.05, 4.69) is 45.0 Å². The summed E-state index contributed by atoms with van der Waals surface area (Å²) in [6.45, 7) is 7.53. The lowest BCUT2D eigenvalue weighted by Gasteiger charge is -2.39. The Morgan fingerprint density at radius 3 is 2.88 bits per heavy atom. The predicted octanol–water partition coefficient (Wildman–Crippen LogP) is 2.34. The summed E-state index contributed by atoms with van der Waals surface area (Å²) < 4.78 is 1.13. The van der Waals surface area contributed by atoms with Gasteiger partial charge in [0.1, 0.15) is 5.82 Å². The molecule has 16 heavy (non-hydrogen) atoms. The van der Waals surface area contributed by atoms with Gasteiger partial charge in [-0.2, -0.15) is 0 Å². The Balaban J connectivity index is 2.26. The SMILES string of the molecule is CCCN(c1nccc(C)c1Br)C1CNC1. The Kier molecular flexibility index (Phi) is 3.82. The van der Waals surface area contributed by atoms with Crippen molar-refractivity contribution in [3.63, 3.8) is 0 Å². The van der Waals surface area contributed by atoms with Crippen LogP contribution in [0.1, 0.15) is 18.9 Å². The first kappa shape index (κ1) is 11.9. The van der Waals surface area contributed by atoms with Gasteiger partial charge in [-0.3, -0.25) is 0 Å². The smallest absolute Gasteiger partial charge is 0.143 e. The van der Waals surface area contributed by atoms with Crippen molar-refractivity contribution >= 4 is 21.7 Å². The molecule has 0 saturated carbocycles. The van der Waals surface area contributed by atoms with Crippen LogP contribution in [0.15, 0.2) is 16.7 Å². The lowest BCUT2D eigenvalue weighted by Crippen LogP contribution is -2.58. The van der Waals surface area contributed by atoms with Crippen molar-refractivity contribution in [3.05, 3.63) is 22.3 Å². The highest BCUT2D eigenvalue weighted by Crippen LogP contribution is 2.29. The van der Waals surface area contributed by atoms with E-state index < -0.39 is 0 Å². The summed E-state index contributed by atoms with van der Waals surface area (Å²) in [6, 6.07) is 2.64. The fourth-order valence-electron chi connectivity index (χ4n) is 1.92. The molecule has 1 saturated heterocycles. The molecule has 1 N–H and O–H groups in total. The number of rotatable bonds is 4. The Morgan fingerprint density at radius 2 is 2.31 bits per heavy atom. The van der Waals surface area contributed by atoms with Gasteiger partial charge in [-0.25, -0.2) is 4.98 Å². The van der Waals surface area contributed by atoms with Gasteiger partial charge in [-0.15, -0.1) is 0 Å². The van der Waals surface area contributed by atoms with E-state index in [-0.39, 0.29) is 0 Å². The average Bonchev–Trinajstić information content (AvgIpc) is 2.19. The van der Waals surface area contributed by atoms with E-state index in [1.807, 2.05) is 12.3 Å². The quantitative estimate of drug-likeness (QED) is 0.920. The maximum Gasteiger partial charge on any atom is 0.143 e. The molecule has 2 heterocycles. The molecule has 0 atom stereocenters. The number of pyridine rings is 1. The van der Waals surface area contributed by atoms with Crippen molar-refractivity contribution in [2.24, 2.45) is 0 Å². The topological polar surface area (TPSA) is 28.2 Å². The summed E-state index contributed by atoms with van der Waals surface area (Å²) in [5.41, 5.74) is 1.25. The van der Waals surface area contributed by atoms with Crippen LogP contribution in [0.5, 0.6) is 0 Å². The molecule has 88 valence electrons. The predicted molar refractivity (Wildman–Crippen MR) is 71.0 cm³/mol. The maximum absolute atomic E-state index is 4.51. The van der Waals surface area contributed by atoms with Crippen LogP contribution in [0.3, 0.4) is 0 Å². The monoisotopic (exact) mass is 283 g/mol. The highest BCUT2D eigenvalue weighted by atomic mass is 79.9. The molecule has 2 rings (SSSR count). The molecular weight excluding hydrogens is 266 g/mol. The summed E-state index contributed by atoms with van der Waals surface area (Å²) in [5.74, 6) is 1.09. The highest BCUT2D eigenvalue weighted by Gasteiger charge is 2.26. The van der Waals surface area contributed by atoms with Gasteiger partial charge in [0, 0.05) is 25.8 Å². The molecule has 0 unspecified atom stereocenters. The summed E-state index contributed by atoms with van der Waals surface area (Å²) in [5, 5.41) is 3.32. The minimum Gasteiger partial charge on any atom is -0.350 e. The van der Waals surface area contributed by atoms with E-state index in [0.29, 0.717) is 6.04 Å². The van der Waals surface area contributed by atoms with E-state index >= 15 is 0 Å². The first-order chi connectivity index (χ1) is 7.74. The molecule has 1 aromatic heterocycles. The first-order valence-electron chi connectivity index (χ1n) is 5.82. The number of halogens is 1. The van der Waals surface area contributed by atoms with Gasteiger partial charge in [-0.05, 0) is 40.9 Å². The van der Waals surface area contributed by atoms with Gasteiger partial charge in [0.2, 0.25) is 0 Å². The van der Waals surface area contributed by atoms with E-state index in [0.717, 1.165) is 36.3 Å². The number of hydrogen-bond acceptors (Lipinski definition) is 3. The molecule has 4 heteroatoms. The summed E-state index contributed by atoms with van der Waals surface area (Å²) in [7, 11) is 0. The zero-order valence-corrected chi connectivity index (χ0v) is 11.4. The van der Waals surface area contributed by atoms with Gasteiger partial charge in [0.25, 0.3) is 0 Å². The normalized spacial score (nSPS) is 15.9. The molecule has 1 fully saturated rings. The van der Waals surface area contributed by atoms with Crippen LogP contribution >= 0.6 is 15.9 Å². The number of aromatic nitrogens is 1. The summed E-state index contributed by atoms with van der Waals surface area (Å²) in [6.07, 6.45) is 3.04. The standard InChI is InChI=1S/C12H18BrN3/c1-3-6-16(10-7-14-8-10)12-11(13)9(2)4-5-15-12/h4-5,10,14H,3,6-8H2,1-2H3.